The van der Waals surface area contributed by atoms with E-state index in [1.54, 1.807) is 6.07 Å². The predicted molar refractivity (Wildman–Crippen MR) is 89.3 cm³/mol. The molecule has 0 amide bonds. The molecule has 0 saturated carbocycles. The second-order valence-electron chi connectivity index (χ2n) is 4.54. The molecule has 6 heteroatoms. The molecular formula is C17H13Cl2FO3. The van der Waals surface area contributed by atoms with Crippen LogP contribution in [-0.4, -0.2) is 20.0 Å². The van der Waals surface area contributed by atoms with E-state index >= 15 is 0 Å². The van der Waals surface area contributed by atoms with Crippen LogP contribution >= 0.6 is 23.2 Å². The normalized spacial score (nSPS) is 10.8. The van der Waals surface area contributed by atoms with Gasteiger partial charge >= 0.3 is 0 Å². The molecule has 0 atom stereocenters. The summed E-state index contributed by atoms with van der Waals surface area (Å²) in [6.45, 7) is 0. The van der Waals surface area contributed by atoms with Gasteiger partial charge < -0.3 is 9.47 Å². The van der Waals surface area contributed by atoms with Gasteiger partial charge in [0.2, 0.25) is 0 Å². The van der Waals surface area contributed by atoms with Crippen LogP contribution in [0.25, 0.3) is 6.08 Å². The largest absolute Gasteiger partial charge is 0.491 e. The van der Waals surface area contributed by atoms with Gasteiger partial charge in [-0.2, -0.15) is 0 Å². The molecule has 0 saturated heterocycles. The van der Waals surface area contributed by atoms with Crippen LogP contribution in [0.15, 0.2) is 36.4 Å². The SMILES string of the molecule is COc1c(Cl)cc(C=CC(=O)c2cccc(F)c2)c(Cl)c1OC. The van der Waals surface area contributed by atoms with Gasteiger partial charge in [-0.3, -0.25) is 4.79 Å². The lowest BCUT2D eigenvalue weighted by atomic mass is 10.1. The van der Waals surface area contributed by atoms with Gasteiger partial charge in [-0.25, -0.2) is 4.39 Å². The highest BCUT2D eigenvalue weighted by Gasteiger charge is 2.16. The molecule has 0 bridgehead atoms. The summed E-state index contributed by atoms with van der Waals surface area (Å²) < 4.78 is 23.5. The second kappa shape index (κ2) is 7.49. The predicted octanol–water partition coefficient (Wildman–Crippen LogP) is 5.05. The Morgan fingerprint density at radius 3 is 2.43 bits per heavy atom. The van der Waals surface area contributed by atoms with Gasteiger partial charge in [-0.05, 0) is 35.9 Å². The van der Waals surface area contributed by atoms with Gasteiger partial charge in [0.15, 0.2) is 17.3 Å². The zero-order chi connectivity index (χ0) is 17.0. The van der Waals surface area contributed by atoms with Gasteiger partial charge in [0.05, 0.1) is 24.3 Å². The van der Waals surface area contributed by atoms with Crippen molar-refractivity contribution < 1.29 is 18.7 Å². The van der Waals surface area contributed by atoms with E-state index in [-0.39, 0.29) is 22.1 Å². The lowest BCUT2D eigenvalue weighted by Gasteiger charge is -2.12. The molecule has 120 valence electrons. The fraction of sp³-hybridized carbons (Fsp3) is 0.118. The van der Waals surface area contributed by atoms with Crippen molar-refractivity contribution in [2.24, 2.45) is 0 Å². The molecule has 2 rings (SSSR count). The Hall–Kier alpha value is -2.04. The number of benzene rings is 2. The Kier molecular flexibility index (Phi) is 5.64. The molecule has 23 heavy (non-hydrogen) atoms. The van der Waals surface area contributed by atoms with E-state index in [0.29, 0.717) is 16.3 Å². The van der Waals surface area contributed by atoms with Crippen LogP contribution in [0.2, 0.25) is 10.0 Å². The van der Waals surface area contributed by atoms with Crippen molar-refractivity contribution in [1.29, 1.82) is 0 Å². The molecule has 0 aliphatic rings. The van der Waals surface area contributed by atoms with Crippen LogP contribution in [0.1, 0.15) is 15.9 Å². The Morgan fingerprint density at radius 2 is 1.83 bits per heavy atom. The zero-order valence-electron chi connectivity index (χ0n) is 12.4. The molecule has 0 N–H and O–H groups in total. The van der Waals surface area contributed by atoms with Gasteiger partial charge in [-0.15, -0.1) is 0 Å². The van der Waals surface area contributed by atoms with E-state index in [2.05, 4.69) is 0 Å². The van der Waals surface area contributed by atoms with Crippen molar-refractivity contribution in [3.63, 3.8) is 0 Å². The average Bonchev–Trinajstić information content (AvgIpc) is 2.54. The molecule has 0 spiro atoms. The Balaban J connectivity index is 2.36. The topological polar surface area (TPSA) is 35.5 Å². The average molecular weight is 355 g/mol. The van der Waals surface area contributed by atoms with Crippen LogP contribution < -0.4 is 9.47 Å². The van der Waals surface area contributed by atoms with E-state index in [1.165, 1.54) is 44.6 Å². The number of hydrogen-bond acceptors (Lipinski definition) is 3. The zero-order valence-corrected chi connectivity index (χ0v) is 13.9. The maximum atomic E-state index is 13.1. The van der Waals surface area contributed by atoms with E-state index in [1.807, 2.05) is 0 Å². The van der Waals surface area contributed by atoms with Crippen LogP contribution in [0.4, 0.5) is 4.39 Å². The molecule has 0 aliphatic heterocycles. The summed E-state index contributed by atoms with van der Waals surface area (Å²) in [5.41, 5.74) is 0.725. The van der Waals surface area contributed by atoms with Crippen molar-refractivity contribution in [3.05, 3.63) is 63.4 Å². The molecule has 0 aromatic heterocycles. The standard InChI is InChI=1S/C17H13Cl2FO3/c1-22-16-13(18)9-11(15(19)17(16)23-2)6-7-14(21)10-4-3-5-12(20)8-10/h3-9H,1-2H3. The summed E-state index contributed by atoms with van der Waals surface area (Å²) >= 11 is 12.3. The van der Waals surface area contributed by atoms with Crippen LogP contribution in [0, 0.1) is 5.82 Å². The van der Waals surface area contributed by atoms with Gasteiger partial charge in [-0.1, -0.05) is 35.3 Å². The van der Waals surface area contributed by atoms with Gasteiger partial charge in [0.1, 0.15) is 5.82 Å². The first-order valence-electron chi connectivity index (χ1n) is 6.56. The minimum Gasteiger partial charge on any atom is -0.491 e. The second-order valence-corrected chi connectivity index (χ2v) is 5.32. The van der Waals surface area contributed by atoms with E-state index in [4.69, 9.17) is 32.7 Å². The lowest BCUT2D eigenvalue weighted by Crippen LogP contribution is -1.96. The Labute approximate surface area is 143 Å². The Morgan fingerprint density at radius 1 is 1.13 bits per heavy atom. The molecule has 0 heterocycles. The molecule has 0 fully saturated rings. The van der Waals surface area contributed by atoms with Crippen molar-refractivity contribution in [1.82, 2.24) is 0 Å². The molecule has 3 nitrogen and oxygen atoms in total. The first-order valence-corrected chi connectivity index (χ1v) is 7.31. The van der Waals surface area contributed by atoms with Gasteiger partial charge in [0, 0.05) is 5.56 Å². The fourth-order valence-corrected chi connectivity index (χ4v) is 2.56. The number of carbonyl (C=O) groups excluding carboxylic acids is 1. The fourth-order valence-electron chi connectivity index (χ4n) is 2.00. The minimum atomic E-state index is -0.476. The number of rotatable bonds is 5. The number of ether oxygens (including phenoxy) is 2. The monoisotopic (exact) mass is 354 g/mol. The summed E-state index contributed by atoms with van der Waals surface area (Å²) in [6.07, 6.45) is 2.78. The number of hydrogen-bond donors (Lipinski definition) is 0. The first kappa shape index (κ1) is 17.3. The van der Waals surface area contributed by atoms with Crippen molar-refractivity contribution >= 4 is 35.1 Å². The third-order valence-electron chi connectivity index (χ3n) is 3.09. The summed E-state index contributed by atoms with van der Waals surface area (Å²) in [6, 6.07) is 6.98. The molecule has 2 aromatic carbocycles. The van der Waals surface area contributed by atoms with E-state index in [0.717, 1.165) is 6.07 Å². The lowest BCUT2D eigenvalue weighted by molar-refractivity contribution is 0.104. The molecule has 2 aromatic rings. The van der Waals surface area contributed by atoms with Gasteiger partial charge in [0.25, 0.3) is 0 Å². The number of carbonyl (C=O) groups is 1. The molecule has 0 aliphatic carbocycles. The Bertz CT molecular complexity index is 773. The van der Waals surface area contributed by atoms with Crippen molar-refractivity contribution in [3.8, 4) is 11.5 Å². The molecular weight excluding hydrogens is 342 g/mol. The summed E-state index contributed by atoms with van der Waals surface area (Å²) in [5.74, 6) is -0.241. The van der Waals surface area contributed by atoms with Crippen molar-refractivity contribution in [2.45, 2.75) is 0 Å². The molecule has 0 radical (unpaired) electrons. The number of methoxy groups -OCH3 is 2. The van der Waals surface area contributed by atoms with E-state index in [9.17, 15) is 9.18 Å². The highest BCUT2D eigenvalue weighted by atomic mass is 35.5. The first-order chi connectivity index (χ1) is 11.0. The third-order valence-corrected chi connectivity index (χ3v) is 3.76. The number of halogens is 3. The minimum absolute atomic E-state index is 0.240. The maximum Gasteiger partial charge on any atom is 0.185 e. The molecule has 0 unspecified atom stereocenters. The van der Waals surface area contributed by atoms with E-state index < -0.39 is 5.82 Å². The van der Waals surface area contributed by atoms with Crippen molar-refractivity contribution in [2.75, 3.05) is 14.2 Å². The smallest absolute Gasteiger partial charge is 0.185 e. The van der Waals surface area contributed by atoms with Crippen LogP contribution in [-0.2, 0) is 0 Å². The maximum absolute atomic E-state index is 13.1. The summed E-state index contributed by atoms with van der Waals surface area (Å²) in [4.78, 5) is 12.1. The summed E-state index contributed by atoms with van der Waals surface area (Å²) in [5, 5.41) is 0.559. The highest BCUT2D eigenvalue weighted by Crippen LogP contribution is 2.43. The van der Waals surface area contributed by atoms with Crippen LogP contribution in [0.5, 0.6) is 11.5 Å². The number of ketones is 1. The highest BCUT2D eigenvalue weighted by molar-refractivity contribution is 6.37. The number of allylic oxidation sites excluding steroid dienone is 1. The van der Waals surface area contributed by atoms with Crippen LogP contribution in [0.3, 0.4) is 0 Å². The summed E-state index contributed by atoms with van der Waals surface area (Å²) in [7, 11) is 2.88. The third kappa shape index (κ3) is 3.84. The quantitative estimate of drug-likeness (QED) is 0.556.